The molecule has 0 aliphatic heterocycles. The minimum Gasteiger partial charge on any atom is -0.0654 e. The molecule has 0 N–H and O–H groups in total. The zero-order chi connectivity index (χ0) is 13.9. The van der Waals surface area contributed by atoms with Crippen molar-refractivity contribution in [3.63, 3.8) is 0 Å². The van der Waals surface area contributed by atoms with E-state index >= 15 is 0 Å². The van der Waals surface area contributed by atoms with Crippen LogP contribution in [0.25, 0.3) is 0 Å². The van der Waals surface area contributed by atoms with Crippen molar-refractivity contribution in [1.82, 2.24) is 0 Å². The van der Waals surface area contributed by atoms with Crippen molar-refractivity contribution in [2.75, 3.05) is 0 Å². The van der Waals surface area contributed by atoms with Gasteiger partial charge in [-0.25, -0.2) is 0 Å². The molecule has 0 aliphatic carbocycles. The minimum absolute atomic E-state index is 0.766. The Morgan fingerprint density at radius 3 is 2.11 bits per heavy atom. The van der Waals surface area contributed by atoms with Crippen LogP contribution in [0.5, 0.6) is 0 Å². The molecule has 19 heavy (non-hydrogen) atoms. The third-order valence-electron chi connectivity index (χ3n) is 4.28. The van der Waals surface area contributed by atoms with E-state index in [2.05, 4.69) is 51.1 Å². The van der Waals surface area contributed by atoms with Gasteiger partial charge >= 0.3 is 0 Å². The molecule has 0 amide bonds. The van der Waals surface area contributed by atoms with E-state index in [1.54, 1.807) is 5.56 Å². The van der Waals surface area contributed by atoms with Crippen LogP contribution in [-0.2, 0) is 0 Å². The second-order valence-corrected chi connectivity index (χ2v) is 5.99. The largest absolute Gasteiger partial charge is 0.0654 e. The number of benzene rings is 1. The van der Waals surface area contributed by atoms with E-state index < -0.39 is 0 Å². The molecule has 0 bridgehead atoms. The van der Waals surface area contributed by atoms with Crippen LogP contribution in [0.2, 0.25) is 0 Å². The minimum atomic E-state index is 0.766. The SMILES string of the molecule is CCCCCCCC(c1ccccc1)C(C)CCC. The number of hydrogen-bond donors (Lipinski definition) is 0. The van der Waals surface area contributed by atoms with Crippen LogP contribution in [0.4, 0.5) is 0 Å². The molecule has 0 aromatic heterocycles. The predicted octanol–water partition coefficient (Wildman–Crippen LogP) is 6.57. The van der Waals surface area contributed by atoms with E-state index in [9.17, 15) is 0 Å². The van der Waals surface area contributed by atoms with Gasteiger partial charge in [0.05, 0.1) is 0 Å². The van der Waals surface area contributed by atoms with Crippen LogP contribution in [0, 0.1) is 5.92 Å². The van der Waals surface area contributed by atoms with Gasteiger partial charge in [0, 0.05) is 0 Å². The van der Waals surface area contributed by atoms with Crippen LogP contribution in [-0.4, -0.2) is 0 Å². The molecule has 0 aliphatic rings. The molecule has 0 spiro atoms. The molecule has 0 radical (unpaired) electrons. The van der Waals surface area contributed by atoms with Crippen molar-refractivity contribution in [3.8, 4) is 0 Å². The maximum absolute atomic E-state index is 2.44. The first-order valence-corrected chi connectivity index (χ1v) is 8.34. The summed E-state index contributed by atoms with van der Waals surface area (Å²) in [5.41, 5.74) is 1.55. The summed E-state index contributed by atoms with van der Waals surface area (Å²) in [5, 5.41) is 0. The van der Waals surface area contributed by atoms with Crippen LogP contribution in [0.15, 0.2) is 30.3 Å². The van der Waals surface area contributed by atoms with Gasteiger partial charge in [-0.15, -0.1) is 0 Å². The maximum atomic E-state index is 2.44. The average molecular weight is 260 g/mol. The third kappa shape index (κ3) is 6.27. The van der Waals surface area contributed by atoms with E-state index in [1.807, 2.05) is 0 Å². The van der Waals surface area contributed by atoms with Crippen molar-refractivity contribution < 1.29 is 0 Å². The summed E-state index contributed by atoms with van der Waals surface area (Å²) in [5.74, 6) is 1.58. The van der Waals surface area contributed by atoms with Gasteiger partial charge in [-0.3, -0.25) is 0 Å². The number of hydrogen-bond acceptors (Lipinski definition) is 0. The number of unbranched alkanes of at least 4 members (excludes halogenated alkanes) is 4. The average Bonchev–Trinajstić information content (AvgIpc) is 2.44. The van der Waals surface area contributed by atoms with Crippen molar-refractivity contribution >= 4 is 0 Å². The molecule has 0 fully saturated rings. The molecule has 0 saturated carbocycles. The first-order chi connectivity index (χ1) is 9.29. The van der Waals surface area contributed by atoms with Gasteiger partial charge in [-0.05, 0) is 23.8 Å². The molecule has 2 atom stereocenters. The normalized spacial score (nSPS) is 14.3. The topological polar surface area (TPSA) is 0 Å². The molecule has 2 unspecified atom stereocenters. The molecule has 1 aromatic rings. The Hall–Kier alpha value is -0.780. The Kier molecular flexibility index (Phi) is 8.62. The zero-order valence-corrected chi connectivity index (χ0v) is 13.2. The molecule has 1 rings (SSSR count). The van der Waals surface area contributed by atoms with E-state index in [4.69, 9.17) is 0 Å². The standard InChI is InChI=1S/C19H32/c1-4-6-7-8-12-16-19(17(3)13-5-2)18-14-10-9-11-15-18/h9-11,14-15,17,19H,4-8,12-13,16H2,1-3H3. The Morgan fingerprint density at radius 2 is 1.47 bits per heavy atom. The van der Waals surface area contributed by atoms with Gasteiger partial charge < -0.3 is 0 Å². The highest BCUT2D eigenvalue weighted by Gasteiger charge is 2.17. The fourth-order valence-corrected chi connectivity index (χ4v) is 3.10. The smallest absolute Gasteiger partial charge is 0.0136 e. The first kappa shape index (κ1) is 16.3. The second kappa shape index (κ2) is 10.1. The fraction of sp³-hybridized carbons (Fsp3) is 0.684. The van der Waals surface area contributed by atoms with E-state index in [0.717, 1.165) is 11.8 Å². The second-order valence-electron chi connectivity index (χ2n) is 5.99. The monoisotopic (exact) mass is 260 g/mol. The molecular formula is C19H32. The summed E-state index contributed by atoms with van der Waals surface area (Å²) in [7, 11) is 0. The van der Waals surface area contributed by atoms with Crippen molar-refractivity contribution in [2.24, 2.45) is 5.92 Å². The van der Waals surface area contributed by atoms with E-state index in [-0.39, 0.29) is 0 Å². The highest BCUT2D eigenvalue weighted by atomic mass is 14.2. The van der Waals surface area contributed by atoms with Crippen LogP contribution >= 0.6 is 0 Å². The Morgan fingerprint density at radius 1 is 0.789 bits per heavy atom. The Balaban J connectivity index is 2.50. The molecule has 0 nitrogen and oxygen atoms in total. The van der Waals surface area contributed by atoms with Crippen LogP contribution in [0.3, 0.4) is 0 Å². The highest BCUT2D eigenvalue weighted by Crippen LogP contribution is 2.32. The lowest BCUT2D eigenvalue weighted by atomic mass is 9.81. The van der Waals surface area contributed by atoms with Crippen molar-refractivity contribution in [2.45, 2.75) is 78.1 Å². The lowest BCUT2D eigenvalue weighted by molar-refractivity contribution is 0.390. The molecular weight excluding hydrogens is 228 g/mol. The Bertz CT molecular complexity index is 301. The molecule has 108 valence electrons. The summed E-state index contributed by atoms with van der Waals surface area (Å²) in [6.07, 6.45) is 11.0. The fourth-order valence-electron chi connectivity index (χ4n) is 3.10. The quantitative estimate of drug-likeness (QED) is 0.417. The summed E-state index contributed by atoms with van der Waals surface area (Å²) in [6.45, 7) is 7.03. The van der Waals surface area contributed by atoms with Gasteiger partial charge in [0.15, 0.2) is 0 Å². The van der Waals surface area contributed by atoms with Gasteiger partial charge in [0.1, 0.15) is 0 Å². The summed E-state index contributed by atoms with van der Waals surface area (Å²) in [6, 6.07) is 11.2. The third-order valence-corrected chi connectivity index (χ3v) is 4.28. The van der Waals surface area contributed by atoms with Gasteiger partial charge in [0.2, 0.25) is 0 Å². The highest BCUT2D eigenvalue weighted by molar-refractivity contribution is 5.20. The van der Waals surface area contributed by atoms with Crippen LogP contribution in [0.1, 0.15) is 83.6 Å². The first-order valence-electron chi connectivity index (χ1n) is 8.34. The lowest BCUT2D eigenvalue weighted by Gasteiger charge is -2.24. The van der Waals surface area contributed by atoms with Gasteiger partial charge in [0.25, 0.3) is 0 Å². The number of rotatable bonds is 10. The maximum Gasteiger partial charge on any atom is -0.0136 e. The lowest BCUT2D eigenvalue weighted by Crippen LogP contribution is -2.10. The van der Waals surface area contributed by atoms with Crippen molar-refractivity contribution in [1.29, 1.82) is 0 Å². The zero-order valence-electron chi connectivity index (χ0n) is 13.2. The molecule has 0 heteroatoms. The predicted molar refractivity (Wildman–Crippen MR) is 86.6 cm³/mol. The van der Waals surface area contributed by atoms with Gasteiger partial charge in [-0.1, -0.05) is 96.0 Å². The molecule has 0 heterocycles. The van der Waals surface area contributed by atoms with E-state index in [0.29, 0.717) is 0 Å². The Labute approximate surface area is 120 Å². The summed E-state index contributed by atoms with van der Waals surface area (Å²) < 4.78 is 0. The van der Waals surface area contributed by atoms with E-state index in [1.165, 1.54) is 51.4 Å². The van der Waals surface area contributed by atoms with Crippen LogP contribution < -0.4 is 0 Å². The van der Waals surface area contributed by atoms with Crippen molar-refractivity contribution in [3.05, 3.63) is 35.9 Å². The summed E-state index contributed by atoms with van der Waals surface area (Å²) >= 11 is 0. The summed E-state index contributed by atoms with van der Waals surface area (Å²) in [4.78, 5) is 0. The molecule has 0 saturated heterocycles. The molecule has 1 aromatic carbocycles. The van der Waals surface area contributed by atoms with Gasteiger partial charge in [-0.2, -0.15) is 0 Å².